The highest BCUT2D eigenvalue weighted by Crippen LogP contribution is 2.25. The zero-order chi connectivity index (χ0) is 8.27. The maximum absolute atomic E-state index is 8.74. The molecule has 3 nitrogen and oxygen atoms in total. The van der Waals surface area contributed by atoms with Gasteiger partial charge in [0.05, 0.1) is 6.61 Å². The molecule has 5 heteroatoms. The minimum Gasteiger partial charge on any atom is -0.395 e. The number of aliphatic hydroxyl groups excluding tert-OH is 1. The van der Waals surface area contributed by atoms with E-state index in [0.717, 1.165) is 9.35 Å². The predicted molar refractivity (Wildman–Crippen MR) is 47.1 cm³/mol. The van der Waals surface area contributed by atoms with Crippen LogP contribution in [0, 0.1) is 6.92 Å². The molecule has 1 rings (SSSR count). The first-order valence-corrected chi connectivity index (χ1v) is 4.99. The number of rotatable bonds is 3. The summed E-state index contributed by atoms with van der Waals surface area (Å²) in [6, 6.07) is 0. The molecule has 1 unspecified atom stereocenters. The van der Waals surface area contributed by atoms with E-state index in [1.165, 1.54) is 0 Å². The maximum Gasteiger partial charge on any atom is 0.174 e. The van der Waals surface area contributed by atoms with Crippen molar-refractivity contribution >= 4 is 23.1 Å². The first kappa shape index (κ1) is 8.96. The highest BCUT2D eigenvalue weighted by Gasteiger charge is 2.06. The number of hydrogen-bond donors (Lipinski definition) is 1. The fourth-order valence-electron chi connectivity index (χ4n) is 0.535. The van der Waals surface area contributed by atoms with Crippen LogP contribution in [-0.2, 0) is 0 Å². The van der Waals surface area contributed by atoms with Gasteiger partial charge in [0.2, 0.25) is 0 Å². The topological polar surface area (TPSA) is 46.0 Å². The highest BCUT2D eigenvalue weighted by atomic mass is 32.2. The van der Waals surface area contributed by atoms with Crippen LogP contribution < -0.4 is 0 Å². The van der Waals surface area contributed by atoms with Gasteiger partial charge < -0.3 is 5.11 Å². The fourth-order valence-corrected chi connectivity index (χ4v) is 2.51. The molecule has 0 aliphatic heterocycles. The molecule has 0 spiro atoms. The zero-order valence-corrected chi connectivity index (χ0v) is 8.08. The van der Waals surface area contributed by atoms with Gasteiger partial charge in [-0.05, 0) is 6.92 Å². The van der Waals surface area contributed by atoms with E-state index in [4.69, 9.17) is 5.11 Å². The van der Waals surface area contributed by atoms with Gasteiger partial charge in [-0.15, -0.1) is 10.2 Å². The van der Waals surface area contributed by atoms with Crippen molar-refractivity contribution in [2.45, 2.75) is 23.4 Å². The summed E-state index contributed by atoms with van der Waals surface area (Å²) in [6.45, 7) is 4.07. The van der Waals surface area contributed by atoms with Crippen molar-refractivity contribution < 1.29 is 5.11 Å². The second-order valence-corrected chi connectivity index (χ2v) is 5.07. The molecule has 1 N–H and O–H groups in total. The Labute approximate surface area is 73.9 Å². The Kier molecular flexibility index (Phi) is 3.29. The molecule has 0 saturated carbocycles. The van der Waals surface area contributed by atoms with Gasteiger partial charge in [-0.2, -0.15) is 0 Å². The second-order valence-electron chi connectivity index (χ2n) is 2.20. The van der Waals surface area contributed by atoms with Gasteiger partial charge in [-0.1, -0.05) is 30.0 Å². The molecule has 0 amide bonds. The van der Waals surface area contributed by atoms with E-state index < -0.39 is 0 Å². The van der Waals surface area contributed by atoms with E-state index in [1.54, 1.807) is 23.1 Å². The maximum atomic E-state index is 8.74. The third kappa shape index (κ3) is 2.76. The van der Waals surface area contributed by atoms with Crippen LogP contribution in [0.4, 0.5) is 0 Å². The predicted octanol–water partition coefficient (Wildman–Crippen LogP) is 1.32. The standard InChI is InChI=1S/C6H10N2OS2/c1-4(3-9)10-6-8-7-5(2)11-6/h4,9H,3H2,1-2H3. The Balaban J connectivity index is 2.50. The summed E-state index contributed by atoms with van der Waals surface area (Å²) < 4.78 is 0.934. The van der Waals surface area contributed by atoms with Gasteiger partial charge in [0.25, 0.3) is 0 Å². The van der Waals surface area contributed by atoms with Gasteiger partial charge in [-0.25, -0.2) is 0 Å². The van der Waals surface area contributed by atoms with Crippen molar-refractivity contribution in [1.82, 2.24) is 10.2 Å². The molecule has 1 heterocycles. The van der Waals surface area contributed by atoms with E-state index in [2.05, 4.69) is 10.2 Å². The lowest BCUT2D eigenvalue weighted by Gasteiger charge is -2.01. The highest BCUT2D eigenvalue weighted by molar-refractivity contribution is 8.01. The van der Waals surface area contributed by atoms with Crippen LogP contribution in [0.2, 0.25) is 0 Å². The summed E-state index contributed by atoms with van der Waals surface area (Å²) in [4.78, 5) is 0. The molecule has 1 aromatic heterocycles. The van der Waals surface area contributed by atoms with E-state index >= 15 is 0 Å². The SMILES string of the molecule is Cc1nnc(SC(C)CO)s1. The van der Waals surface area contributed by atoms with Crippen LogP contribution in [0.1, 0.15) is 11.9 Å². The average Bonchev–Trinajstić information content (AvgIpc) is 2.35. The van der Waals surface area contributed by atoms with Crippen molar-refractivity contribution in [2.24, 2.45) is 0 Å². The fraction of sp³-hybridized carbons (Fsp3) is 0.667. The van der Waals surface area contributed by atoms with Gasteiger partial charge in [0.1, 0.15) is 5.01 Å². The smallest absolute Gasteiger partial charge is 0.174 e. The molecular formula is C6H10N2OS2. The van der Waals surface area contributed by atoms with Gasteiger partial charge in [-0.3, -0.25) is 0 Å². The molecule has 0 aliphatic rings. The molecule has 0 aliphatic carbocycles. The summed E-state index contributed by atoms with van der Waals surface area (Å²) >= 11 is 3.12. The van der Waals surface area contributed by atoms with Gasteiger partial charge >= 0.3 is 0 Å². The molecule has 0 bridgehead atoms. The quantitative estimate of drug-likeness (QED) is 0.730. The van der Waals surface area contributed by atoms with Crippen molar-refractivity contribution in [3.63, 3.8) is 0 Å². The van der Waals surface area contributed by atoms with E-state index in [1.807, 2.05) is 13.8 Å². The molecule has 0 fully saturated rings. The Morgan fingerprint density at radius 3 is 2.82 bits per heavy atom. The number of thioether (sulfide) groups is 1. The average molecular weight is 190 g/mol. The van der Waals surface area contributed by atoms with Crippen molar-refractivity contribution in [1.29, 1.82) is 0 Å². The molecule has 0 aromatic carbocycles. The van der Waals surface area contributed by atoms with Crippen LogP contribution in [0.3, 0.4) is 0 Å². The number of aliphatic hydroxyl groups is 1. The van der Waals surface area contributed by atoms with Crippen molar-refractivity contribution in [3.05, 3.63) is 5.01 Å². The number of hydrogen-bond acceptors (Lipinski definition) is 5. The second kappa shape index (κ2) is 4.04. The Morgan fingerprint density at radius 1 is 1.64 bits per heavy atom. The normalized spacial score (nSPS) is 13.4. The number of nitrogens with zero attached hydrogens (tertiary/aromatic N) is 2. The molecule has 62 valence electrons. The molecule has 1 atom stereocenters. The minimum atomic E-state index is 0.184. The largest absolute Gasteiger partial charge is 0.395 e. The summed E-state index contributed by atoms with van der Waals surface area (Å²) in [5, 5.41) is 17.7. The third-order valence-electron chi connectivity index (χ3n) is 1.07. The molecule has 11 heavy (non-hydrogen) atoms. The lowest BCUT2D eigenvalue weighted by atomic mass is 10.5. The summed E-state index contributed by atoms with van der Waals surface area (Å²) in [7, 11) is 0. The van der Waals surface area contributed by atoms with E-state index in [0.29, 0.717) is 0 Å². The van der Waals surface area contributed by atoms with E-state index in [9.17, 15) is 0 Å². The molecular weight excluding hydrogens is 180 g/mol. The lowest BCUT2D eigenvalue weighted by Crippen LogP contribution is -2.00. The lowest BCUT2D eigenvalue weighted by molar-refractivity contribution is 0.300. The van der Waals surface area contributed by atoms with Crippen LogP contribution in [0.15, 0.2) is 4.34 Å². The number of aryl methyl sites for hydroxylation is 1. The Hall–Kier alpha value is -0.130. The van der Waals surface area contributed by atoms with Crippen molar-refractivity contribution in [3.8, 4) is 0 Å². The van der Waals surface area contributed by atoms with Gasteiger partial charge in [0.15, 0.2) is 4.34 Å². The number of aromatic nitrogens is 2. The third-order valence-corrected chi connectivity index (χ3v) is 3.07. The van der Waals surface area contributed by atoms with Crippen LogP contribution in [-0.4, -0.2) is 27.2 Å². The Bertz CT molecular complexity index is 226. The zero-order valence-electron chi connectivity index (χ0n) is 6.44. The van der Waals surface area contributed by atoms with Crippen molar-refractivity contribution in [2.75, 3.05) is 6.61 Å². The van der Waals surface area contributed by atoms with Crippen LogP contribution in [0.5, 0.6) is 0 Å². The summed E-state index contributed by atoms with van der Waals surface area (Å²) in [5.74, 6) is 0. The van der Waals surface area contributed by atoms with Gasteiger partial charge in [0, 0.05) is 5.25 Å². The van der Waals surface area contributed by atoms with Crippen LogP contribution >= 0.6 is 23.1 Å². The minimum absolute atomic E-state index is 0.184. The Morgan fingerprint density at radius 2 is 2.36 bits per heavy atom. The molecule has 1 aromatic rings. The molecule has 0 saturated heterocycles. The summed E-state index contributed by atoms with van der Waals surface area (Å²) in [5.41, 5.74) is 0. The van der Waals surface area contributed by atoms with E-state index in [-0.39, 0.29) is 11.9 Å². The van der Waals surface area contributed by atoms with Crippen LogP contribution in [0.25, 0.3) is 0 Å². The first-order chi connectivity index (χ1) is 5.22. The summed E-state index contributed by atoms with van der Waals surface area (Å²) in [6.07, 6.45) is 0. The first-order valence-electron chi connectivity index (χ1n) is 3.30. The monoisotopic (exact) mass is 190 g/mol. The molecule has 0 radical (unpaired) electrons.